The SMILES string of the molecule is CCCCCOc1ccc(NC(=O)/C=C/c2ccc(OCCCC)cc2)cc1. The van der Waals surface area contributed by atoms with Crippen molar-refractivity contribution in [3.8, 4) is 11.5 Å². The summed E-state index contributed by atoms with van der Waals surface area (Å²) >= 11 is 0. The van der Waals surface area contributed by atoms with Crippen LogP contribution in [0.15, 0.2) is 54.6 Å². The lowest BCUT2D eigenvalue weighted by molar-refractivity contribution is -0.111. The number of benzene rings is 2. The molecular formula is C24H31NO3. The highest BCUT2D eigenvalue weighted by molar-refractivity contribution is 6.01. The number of carbonyl (C=O) groups is 1. The number of hydrogen-bond donors (Lipinski definition) is 1. The standard InChI is InChI=1S/C24H31NO3/c1-3-5-7-19-28-23-15-11-21(12-16-23)25-24(26)17-10-20-8-13-22(14-9-20)27-18-6-4-2/h8-17H,3-7,18-19H2,1-2H3,(H,25,26)/b17-10+. The van der Waals surface area contributed by atoms with Crippen LogP contribution in [-0.2, 0) is 4.79 Å². The Morgan fingerprint density at radius 1 is 0.821 bits per heavy atom. The van der Waals surface area contributed by atoms with Crippen LogP contribution in [0.2, 0.25) is 0 Å². The first-order valence-electron chi connectivity index (χ1n) is 10.2. The lowest BCUT2D eigenvalue weighted by Gasteiger charge is -2.07. The van der Waals surface area contributed by atoms with Gasteiger partial charge in [-0.05, 0) is 60.9 Å². The predicted molar refractivity (Wildman–Crippen MR) is 116 cm³/mol. The van der Waals surface area contributed by atoms with Gasteiger partial charge in [-0.1, -0.05) is 45.2 Å². The molecule has 0 bridgehead atoms. The summed E-state index contributed by atoms with van der Waals surface area (Å²) in [6, 6.07) is 15.2. The second-order valence-electron chi connectivity index (χ2n) is 6.67. The Labute approximate surface area is 168 Å². The molecule has 0 aliphatic carbocycles. The zero-order valence-electron chi connectivity index (χ0n) is 16.9. The Kier molecular flexibility index (Phi) is 9.70. The molecule has 28 heavy (non-hydrogen) atoms. The van der Waals surface area contributed by atoms with Crippen molar-refractivity contribution >= 4 is 17.7 Å². The van der Waals surface area contributed by atoms with Crippen molar-refractivity contribution in [2.75, 3.05) is 18.5 Å². The van der Waals surface area contributed by atoms with Gasteiger partial charge in [-0.15, -0.1) is 0 Å². The van der Waals surface area contributed by atoms with E-state index in [1.807, 2.05) is 48.5 Å². The Hall–Kier alpha value is -2.75. The molecule has 0 aliphatic heterocycles. The number of anilines is 1. The molecule has 0 radical (unpaired) electrons. The number of ether oxygens (including phenoxy) is 2. The molecule has 2 aromatic rings. The maximum absolute atomic E-state index is 12.1. The topological polar surface area (TPSA) is 47.6 Å². The average molecular weight is 382 g/mol. The summed E-state index contributed by atoms with van der Waals surface area (Å²) in [6.45, 7) is 5.77. The van der Waals surface area contributed by atoms with Gasteiger partial charge in [-0.3, -0.25) is 4.79 Å². The van der Waals surface area contributed by atoms with E-state index in [9.17, 15) is 4.79 Å². The van der Waals surface area contributed by atoms with Gasteiger partial charge in [0.25, 0.3) is 0 Å². The van der Waals surface area contributed by atoms with Gasteiger partial charge in [-0.2, -0.15) is 0 Å². The highest BCUT2D eigenvalue weighted by Gasteiger charge is 2.00. The van der Waals surface area contributed by atoms with Crippen molar-refractivity contribution in [1.82, 2.24) is 0 Å². The van der Waals surface area contributed by atoms with Crippen LogP contribution in [0.4, 0.5) is 5.69 Å². The van der Waals surface area contributed by atoms with Crippen LogP contribution >= 0.6 is 0 Å². The molecule has 0 heterocycles. The third kappa shape index (κ3) is 8.30. The zero-order chi connectivity index (χ0) is 20.0. The minimum atomic E-state index is -0.167. The first-order valence-corrected chi connectivity index (χ1v) is 10.2. The van der Waals surface area contributed by atoms with Crippen molar-refractivity contribution in [2.45, 2.75) is 46.0 Å². The highest BCUT2D eigenvalue weighted by Crippen LogP contribution is 2.17. The van der Waals surface area contributed by atoms with Crippen molar-refractivity contribution < 1.29 is 14.3 Å². The van der Waals surface area contributed by atoms with Crippen molar-refractivity contribution in [3.63, 3.8) is 0 Å². The molecule has 0 atom stereocenters. The van der Waals surface area contributed by atoms with Gasteiger partial charge in [0, 0.05) is 11.8 Å². The maximum Gasteiger partial charge on any atom is 0.248 e. The highest BCUT2D eigenvalue weighted by atomic mass is 16.5. The Balaban J connectivity index is 1.78. The number of carbonyl (C=O) groups excluding carboxylic acids is 1. The van der Waals surface area contributed by atoms with Gasteiger partial charge in [0.1, 0.15) is 11.5 Å². The first kappa shape index (κ1) is 21.5. The van der Waals surface area contributed by atoms with E-state index in [0.717, 1.165) is 55.2 Å². The molecule has 0 aliphatic rings. The summed E-state index contributed by atoms with van der Waals surface area (Å²) in [4.78, 5) is 12.1. The fourth-order valence-electron chi connectivity index (χ4n) is 2.54. The van der Waals surface area contributed by atoms with Crippen LogP contribution < -0.4 is 14.8 Å². The quantitative estimate of drug-likeness (QED) is 0.358. The molecule has 150 valence electrons. The number of unbranched alkanes of at least 4 members (excludes halogenated alkanes) is 3. The molecule has 1 amide bonds. The molecule has 0 saturated heterocycles. The summed E-state index contributed by atoms with van der Waals surface area (Å²) in [5.74, 6) is 1.51. The van der Waals surface area contributed by atoms with Crippen LogP contribution in [0.5, 0.6) is 11.5 Å². The summed E-state index contributed by atoms with van der Waals surface area (Å²) in [7, 11) is 0. The van der Waals surface area contributed by atoms with Gasteiger partial charge in [0.2, 0.25) is 5.91 Å². The van der Waals surface area contributed by atoms with Gasteiger partial charge < -0.3 is 14.8 Å². The smallest absolute Gasteiger partial charge is 0.248 e. The molecular weight excluding hydrogens is 350 g/mol. The van der Waals surface area contributed by atoms with E-state index >= 15 is 0 Å². The normalized spacial score (nSPS) is 10.8. The van der Waals surface area contributed by atoms with E-state index in [0.29, 0.717) is 0 Å². The van der Waals surface area contributed by atoms with E-state index in [1.54, 1.807) is 6.08 Å². The first-order chi connectivity index (χ1) is 13.7. The van der Waals surface area contributed by atoms with E-state index < -0.39 is 0 Å². The molecule has 0 fully saturated rings. The van der Waals surface area contributed by atoms with Crippen molar-refractivity contribution in [1.29, 1.82) is 0 Å². The maximum atomic E-state index is 12.1. The molecule has 0 spiro atoms. The number of amides is 1. The summed E-state index contributed by atoms with van der Waals surface area (Å²) in [5, 5.41) is 2.86. The second kappa shape index (κ2) is 12.6. The van der Waals surface area contributed by atoms with Crippen LogP contribution in [0, 0.1) is 0 Å². The molecule has 4 nitrogen and oxygen atoms in total. The van der Waals surface area contributed by atoms with Crippen LogP contribution in [0.1, 0.15) is 51.5 Å². The van der Waals surface area contributed by atoms with E-state index in [-0.39, 0.29) is 5.91 Å². The van der Waals surface area contributed by atoms with Crippen molar-refractivity contribution in [2.24, 2.45) is 0 Å². The second-order valence-corrected chi connectivity index (χ2v) is 6.67. The Morgan fingerprint density at radius 3 is 2.00 bits per heavy atom. The molecule has 0 saturated carbocycles. The fourth-order valence-corrected chi connectivity index (χ4v) is 2.54. The van der Waals surface area contributed by atoms with E-state index in [4.69, 9.17) is 9.47 Å². The lowest BCUT2D eigenvalue weighted by atomic mass is 10.2. The number of rotatable bonds is 12. The predicted octanol–water partition coefficient (Wildman–Crippen LogP) is 6.09. The van der Waals surface area contributed by atoms with Gasteiger partial charge in [0.15, 0.2) is 0 Å². The monoisotopic (exact) mass is 381 g/mol. The summed E-state index contributed by atoms with van der Waals surface area (Å²) < 4.78 is 11.3. The Bertz CT molecular complexity index is 721. The molecule has 1 N–H and O–H groups in total. The van der Waals surface area contributed by atoms with Crippen LogP contribution in [0.3, 0.4) is 0 Å². The minimum absolute atomic E-state index is 0.167. The number of nitrogens with one attached hydrogen (secondary N) is 1. The minimum Gasteiger partial charge on any atom is -0.494 e. The molecule has 0 aromatic heterocycles. The third-order valence-corrected chi connectivity index (χ3v) is 4.21. The third-order valence-electron chi connectivity index (χ3n) is 4.21. The lowest BCUT2D eigenvalue weighted by Crippen LogP contribution is -2.07. The zero-order valence-corrected chi connectivity index (χ0v) is 16.9. The molecule has 4 heteroatoms. The average Bonchev–Trinajstić information content (AvgIpc) is 2.72. The number of hydrogen-bond acceptors (Lipinski definition) is 3. The largest absolute Gasteiger partial charge is 0.494 e. The van der Waals surface area contributed by atoms with Gasteiger partial charge in [-0.25, -0.2) is 0 Å². The summed E-state index contributed by atoms with van der Waals surface area (Å²) in [6.07, 6.45) is 8.90. The van der Waals surface area contributed by atoms with Gasteiger partial charge >= 0.3 is 0 Å². The molecule has 2 rings (SSSR count). The molecule has 2 aromatic carbocycles. The van der Waals surface area contributed by atoms with Crippen LogP contribution in [-0.4, -0.2) is 19.1 Å². The van der Waals surface area contributed by atoms with Crippen molar-refractivity contribution in [3.05, 3.63) is 60.2 Å². The van der Waals surface area contributed by atoms with Gasteiger partial charge in [0.05, 0.1) is 13.2 Å². The molecule has 0 unspecified atom stereocenters. The summed E-state index contributed by atoms with van der Waals surface area (Å²) in [5.41, 5.74) is 1.70. The Morgan fingerprint density at radius 2 is 1.39 bits per heavy atom. The van der Waals surface area contributed by atoms with Crippen LogP contribution in [0.25, 0.3) is 6.08 Å². The fraction of sp³-hybridized carbons (Fsp3) is 0.375. The van der Waals surface area contributed by atoms with E-state index in [1.165, 1.54) is 18.9 Å². The van der Waals surface area contributed by atoms with E-state index in [2.05, 4.69) is 19.2 Å².